The number of aryl methyl sites for hydroxylation is 4. The van der Waals surface area contributed by atoms with Gasteiger partial charge in [0, 0.05) is 18.1 Å². The first kappa shape index (κ1) is 23.4. The number of nitrogens with zero attached hydrogens (tertiary/aromatic N) is 3. The Labute approximate surface area is 208 Å². The van der Waals surface area contributed by atoms with Crippen molar-refractivity contribution >= 4 is 33.5 Å². The molecule has 2 aromatic heterocycles. The first-order valence-electron chi connectivity index (χ1n) is 11.9. The number of hydrogen-bond donors (Lipinski definition) is 1. The highest BCUT2D eigenvalue weighted by molar-refractivity contribution is 6.06. The van der Waals surface area contributed by atoms with Crippen LogP contribution in [0.5, 0.6) is 0 Å². The molecule has 0 radical (unpaired) electrons. The molecule has 7 nitrogen and oxygen atoms in total. The molecule has 36 heavy (non-hydrogen) atoms. The third kappa shape index (κ3) is 3.92. The van der Waals surface area contributed by atoms with E-state index in [-0.39, 0.29) is 24.6 Å². The number of aromatic nitrogens is 3. The number of para-hydroxylation sites is 1. The largest absolute Gasteiger partial charge is 0.338 e. The molecule has 182 valence electrons. The SMILES string of the molecule is Cc1ccc2c(c1)c1c(c(=O)n(Cc3ccccc3)c(=O)n1CC(=O)Nc1c(C)cccc1C)n2C. The highest BCUT2D eigenvalue weighted by atomic mass is 16.2. The Balaban J connectivity index is 1.73. The predicted octanol–water partition coefficient (Wildman–Crippen LogP) is 4.27. The molecule has 0 fully saturated rings. The molecule has 5 aromatic rings. The molecule has 1 amide bonds. The van der Waals surface area contributed by atoms with E-state index in [2.05, 4.69) is 5.32 Å². The van der Waals surface area contributed by atoms with Crippen molar-refractivity contribution in [1.29, 1.82) is 0 Å². The maximum absolute atomic E-state index is 13.8. The van der Waals surface area contributed by atoms with E-state index >= 15 is 0 Å². The maximum Gasteiger partial charge on any atom is 0.332 e. The van der Waals surface area contributed by atoms with Crippen LogP contribution in [0.15, 0.2) is 76.3 Å². The smallest absolute Gasteiger partial charge is 0.332 e. The molecule has 0 bridgehead atoms. The number of carbonyl (C=O) groups excluding carboxylic acids is 1. The normalized spacial score (nSPS) is 11.3. The molecular formula is C29H28N4O3. The summed E-state index contributed by atoms with van der Waals surface area (Å²) in [4.78, 5) is 40.8. The van der Waals surface area contributed by atoms with Gasteiger partial charge in [-0.3, -0.25) is 18.7 Å². The minimum absolute atomic E-state index is 0.119. The van der Waals surface area contributed by atoms with E-state index < -0.39 is 5.69 Å². The maximum atomic E-state index is 13.8. The van der Waals surface area contributed by atoms with Crippen molar-refractivity contribution in [2.75, 3.05) is 5.32 Å². The summed E-state index contributed by atoms with van der Waals surface area (Å²) in [6.45, 7) is 5.73. The van der Waals surface area contributed by atoms with Crippen LogP contribution in [0, 0.1) is 20.8 Å². The molecule has 0 saturated heterocycles. The fourth-order valence-corrected chi connectivity index (χ4v) is 4.90. The summed E-state index contributed by atoms with van der Waals surface area (Å²) in [7, 11) is 1.82. The lowest BCUT2D eigenvalue weighted by Crippen LogP contribution is -2.42. The summed E-state index contributed by atoms with van der Waals surface area (Å²) in [5, 5.41) is 3.75. The Morgan fingerprint density at radius 3 is 2.22 bits per heavy atom. The van der Waals surface area contributed by atoms with Crippen LogP contribution in [0.25, 0.3) is 21.9 Å². The van der Waals surface area contributed by atoms with Gasteiger partial charge in [-0.1, -0.05) is 60.2 Å². The van der Waals surface area contributed by atoms with Gasteiger partial charge < -0.3 is 9.88 Å². The number of hydrogen-bond acceptors (Lipinski definition) is 3. The number of carbonyl (C=O) groups is 1. The van der Waals surface area contributed by atoms with E-state index in [9.17, 15) is 14.4 Å². The first-order chi connectivity index (χ1) is 17.3. The van der Waals surface area contributed by atoms with Gasteiger partial charge in [0.25, 0.3) is 5.56 Å². The first-order valence-corrected chi connectivity index (χ1v) is 11.9. The van der Waals surface area contributed by atoms with Crippen LogP contribution in [0.4, 0.5) is 5.69 Å². The van der Waals surface area contributed by atoms with E-state index in [0.717, 1.165) is 38.8 Å². The summed E-state index contributed by atoms with van der Waals surface area (Å²) >= 11 is 0. The molecule has 1 N–H and O–H groups in total. The van der Waals surface area contributed by atoms with Crippen LogP contribution in [0.1, 0.15) is 22.3 Å². The molecule has 5 rings (SSSR count). The van der Waals surface area contributed by atoms with E-state index in [1.54, 1.807) is 0 Å². The van der Waals surface area contributed by atoms with Gasteiger partial charge in [0.1, 0.15) is 12.1 Å². The summed E-state index contributed by atoms with van der Waals surface area (Å²) in [5.41, 5.74) is 5.26. The van der Waals surface area contributed by atoms with Crippen LogP contribution in [0.3, 0.4) is 0 Å². The van der Waals surface area contributed by atoms with E-state index in [0.29, 0.717) is 11.0 Å². The van der Waals surface area contributed by atoms with Crippen molar-refractivity contribution < 1.29 is 4.79 Å². The fraction of sp³-hybridized carbons (Fsp3) is 0.207. The molecule has 0 aliphatic carbocycles. The third-order valence-corrected chi connectivity index (χ3v) is 6.74. The van der Waals surface area contributed by atoms with Gasteiger partial charge in [-0.25, -0.2) is 4.79 Å². The molecule has 7 heteroatoms. The second-order valence-corrected chi connectivity index (χ2v) is 9.34. The Bertz CT molecular complexity index is 1740. The zero-order chi connectivity index (χ0) is 25.6. The molecule has 0 spiro atoms. The van der Waals surface area contributed by atoms with Gasteiger partial charge in [-0.15, -0.1) is 0 Å². The molecule has 0 saturated carbocycles. The molecule has 3 aromatic carbocycles. The standard InChI is InChI=1S/C29H28N4O3/c1-18-13-14-23-22(15-18)26-27(31(23)4)28(35)33(16-21-11-6-5-7-12-21)29(36)32(26)17-24(34)30-25-19(2)9-8-10-20(25)3/h5-15H,16-17H2,1-4H3,(H,30,34). The van der Waals surface area contributed by atoms with Crippen LogP contribution in [-0.4, -0.2) is 19.6 Å². The predicted molar refractivity (Wildman–Crippen MR) is 144 cm³/mol. The van der Waals surface area contributed by atoms with Crippen LogP contribution in [0.2, 0.25) is 0 Å². The Morgan fingerprint density at radius 1 is 0.833 bits per heavy atom. The number of amides is 1. The molecule has 0 atom stereocenters. The van der Waals surface area contributed by atoms with Gasteiger partial charge >= 0.3 is 5.69 Å². The number of fused-ring (bicyclic) bond motifs is 3. The molecular weight excluding hydrogens is 452 g/mol. The summed E-state index contributed by atoms with van der Waals surface area (Å²) < 4.78 is 4.47. The quantitative estimate of drug-likeness (QED) is 0.408. The van der Waals surface area contributed by atoms with Crippen LogP contribution < -0.4 is 16.6 Å². The van der Waals surface area contributed by atoms with Gasteiger partial charge in [-0.2, -0.15) is 0 Å². The Hall–Kier alpha value is -4.39. The highest BCUT2D eigenvalue weighted by Crippen LogP contribution is 2.27. The van der Waals surface area contributed by atoms with E-state index in [4.69, 9.17) is 0 Å². The minimum Gasteiger partial charge on any atom is -0.338 e. The summed E-state index contributed by atoms with van der Waals surface area (Å²) in [6.07, 6.45) is 0. The van der Waals surface area contributed by atoms with Crippen molar-refractivity contribution in [1.82, 2.24) is 13.7 Å². The second kappa shape index (κ2) is 9.00. The second-order valence-electron chi connectivity index (χ2n) is 9.34. The Kier molecular flexibility index (Phi) is 5.84. The average Bonchev–Trinajstić information content (AvgIpc) is 3.14. The van der Waals surface area contributed by atoms with Crippen LogP contribution >= 0.6 is 0 Å². The topological polar surface area (TPSA) is 78.0 Å². The van der Waals surface area contributed by atoms with Gasteiger partial charge in [0.2, 0.25) is 5.91 Å². The van der Waals surface area contributed by atoms with Crippen molar-refractivity contribution in [2.24, 2.45) is 7.05 Å². The highest BCUT2D eigenvalue weighted by Gasteiger charge is 2.22. The van der Waals surface area contributed by atoms with Crippen molar-refractivity contribution in [3.63, 3.8) is 0 Å². The Morgan fingerprint density at radius 2 is 1.53 bits per heavy atom. The lowest BCUT2D eigenvalue weighted by Gasteiger charge is -2.15. The number of rotatable bonds is 5. The van der Waals surface area contributed by atoms with E-state index in [1.807, 2.05) is 99.1 Å². The molecule has 2 heterocycles. The average molecular weight is 481 g/mol. The summed E-state index contributed by atoms with van der Waals surface area (Å²) in [6, 6.07) is 21.0. The molecule has 0 unspecified atom stereocenters. The molecule has 0 aliphatic rings. The van der Waals surface area contributed by atoms with Gasteiger partial charge in [-0.05, 0) is 49.6 Å². The monoisotopic (exact) mass is 480 g/mol. The van der Waals surface area contributed by atoms with E-state index in [1.165, 1.54) is 9.13 Å². The van der Waals surface area contributed by atoms with Crippen LogP contribution in [-0.2, 0) is 24.9 Å². The lowest BCUT2D eigenvalue weighted by molar-refractivity contribution is -0.116. The summed E-state index contributed by atoms with van der Waals surface area (Å²) in [5.74, 6) is -0.328. The van der Waals surface area contributed by atoms with Crippen molar-refractivity contribution in [3.05, 3.63) is 110 Å². The number of nitrogens with one attached hydrogen (secondary N) is 1. The van der Waals surface area contributed by atoms with Crippen molar-refractivity contribution in [2.45, 2.75) is 33.9 Å². The van der Waals surface area contributed by atoms with Gasteiger partial charge in [0.05, 0.1) is 17.6 Å². The zero-order valence-electron chi connectivity index (χ0n) is 20.8. The lowest BCUT2D eigenvalue weighted by atomic mass is 10.1. The zero-order valence-corrected chi connectivity index (χ0v) is 20.8. The molecule has 0 aliphatic heterocycles. The van der Waals surface area contributed by atoms with Gasteiger partial charge in [0.15, 0.2) is 0 Å². The number of anilines is 1. The minimum atomic E-state index is -0.512. The fourth-order valence-electron chi connectivity index (χ4n) is 4.90. The third-order valence-electron chi connectivity index (χ3n) is 6.74. The number of benzene rings is 3. The van der Waals surface area contributed by atoms with Crippen molar-refractivity contribution in [3.8, 4) is 0 Å².